The van der Waals surface area contributed by atoms with E-state index in [9.17, 15) is 9.59 Å². The van der Waals surface area contributed by atoms with Crippen molar-refractivity contribution < 1.29 is 19.4 Å². The summed E-state index contributed by atoms with van der Waals surface area (Å²) in [6, 6.07) is 5.16. The third-order valence-electron chi connectivity index (χ3n) is 3.70. The first-order valence-corrected chi connectivity index (χ1v) is 8.81. The van der Waals surface area contributed by atoms with E-state index in [0.717, 1.165) is 22.3 Å². The molecule has 0 aromatic heterocycles. The summed E-state index contributed by atoms with van der Waals surface area (Å²) in [6.07, 6.45) is 3.22. The third-order valence-corrected chi connectivity index (χ3v) is 5.10. The average molecular weight is 387 g/mol. The van der Waals surface area contributed by atoms with Gasteiger partial charge in [0, 0.05) is 12.6 Å². The molecule has 2 aliphatic heterocycles. The van der Waals surface area contributed by atoms with Gasteiger partial charge in [-0.1, -0.05) is 30.0 Å². The highest BCUT2D eigenvalue weighted by molar-refractivity contribution is 8.26. The molecule has 0 bridgehead atoms. The van der Waals surface area contributed by atoms with Crippen LogP contribution in [0, 0.1) is 6.57 Å². The smallest absolute Gasteiger partial charge is 0.323 e. The summed E-state index contributed by atoms with van der Waals surface area (Å²) in [7, 11) is 0. The molecule has 0 atom stereocenters. The van der Waals surface area contributed by atoms with Gasteiger partial charge >= 0.3 is 5.97 Å². The fourth-order valence-electron chi connectivity index (χ4n) is 2.54. The molecule has 1 saturated heterocycles. The topological polar surface area (TPSA) is 74.4 Å². The number of aliphatic carboxylic acids is 1. The molecule has 2 heterocycles. The maximum Gasteiger partial charge on any atom is 0.323 e. The molecular weight excluding hydrogens is 374 g/mol. The Hall–Kier alpha value is -2.83. The number of ether oxygens (including phenoxy) is 1. The van der Waals surface area contributed by atoms with Crippen molar-refractivity contribution in [3.8, 4) is 5.75 Å². The molecule has 2 aliphatic rings. The van der Waals surface area contributed by atoms with Crippen molar-refractivity contribution in [2.75, 3.05) is 18.0 Å². The van der Waals surface area contributed by atoms with Crippen molar-refractivity contribution in [3.63, 3.8) is 0 Å². The zero-order valence-corrected chi connectivity index (χ0v) is 15.3. The second kappa shape index (κ2) is 7.19. The first-order valence-electron chi connectivity index (χ1n) is 7.59. The number of hydrogen-bond donors (Lipinski definition) is 1. The van der Waals surface area contributed by atoms with E-state index >= 15 is 0 Å². The van der Waals surface area contributed by atoms with Gasteiger partial charge in [-0.15, -0.1) is 0 Å². The van der Waals surface area contributed by atoms with Crippen molar-refractivity contribution in [2.45, 2.75) is 6.92 Å². The Balaban J connectivity index is 1.86. The van der Waals surface area contributed by atoms with Crippen molar-refractivity contribution >= 4 is 51.6 Å². The van der Waals surface area contributed by atoms with Crippen LogP contribution >= 0.6 is 24.0 Å². The van der Waals surface area contributed by atoms with Gasteiger partial charge in [0.05, 0.1) is 17.2 Å². The molecule has 1 N–H and O–H groups in total. The van der Waals surface area contributed by atoms with E-state index in [0.29, 0.717) is 28.8 Å². The van der Waals surface area contributed by atoms with Crippen LogP contribution in [0.25, 0.3) is 4.85 Å². The summed E-state index contributed by atoms with van der Waals surface area (Å²) in [5, 5.41) is 8.87. The maximum absolute atomic E-state index is 12.3. The van der Waals surface area contributed by atoms with E-state index in [1.165, 1.54) is 0 Å². The van der Waals surface area contributed by atoms with E-state index in [1.807, 2.05) is 11.8 Å². The number of carbonyl (C=O) groups excluding carboxylic acids is 1. The fraction of sp³-hybridized carbons (Fsp3) is 0.176. The lowest BCUT2D eigenvalue weighted by Crippen LogP contribution is -2.33. The molecule has 9 heteroatoms. The van der Waals surface area contributed by atoms with Gasteiger partial charge < -0.3 is 14.7 Å². The second-order valence-electron chi connectivity index (χ2n) is 5.30. The monoisotopic (exact) mass is 387 g/mol. The lowest BCUT2D eigenvalue weighted by atomic mass is 10.2. The predicted octanol–water partition coefficient (Wildman–Crippen LogP) is 3.13. The third kappa shape index (κ3) is 3.29. The van der Waals surface area contributed by atoms with Gasteiger partial charge in [0.1, 0.15) is 10.9 Å². The minimum atomic E-state index is -1.12. The zero-order valence-electron chi connectivity index (χ0n) is 13.6. The van der Waals surface area contributed by atoms with Crippen LogP contribution < -0.4 is 9.64 Å². The van der Waals surface area contributed by atoms with Crippen LogP contribution in [0.1, 0.15) is 6.92 Å². The van der Waals surface area contributed by atoms with Crippen LogP contribution in [0.4, 0.5) is 11.4 Å². The number of carbonyl (C=O) groups is 2. The van der Waals surface area contributed by atoms with E-state index in [1.54, 1.807) is 30.4 Å². The number of thiocarbonyl (C=S) groups is 1. The Bertz CT molecular complexity index is 917. The largest absolute Gasteiger partial charge is 0.480 e. The van der Waals surface area contributed by atoms with E-state index in [2.05, 4.69) is 4.85 Å². The number of nitrogens with zero attached hydrogens (tertiary/aromatic N) is 3. The first-order chi connectivity index (χ1) is 12.4. The normalized spacial score (nSPS) is 19.1. The highest BCUT2D eigenvalue weighted by atomic mass is 32.2. The maximum atomic E-state index is 12.3. The molecule has 3 rings (SSSR count). The van der Waals surface area contributed by atoms with Crippen LogP contribution in [0.3, 0.4) is 0 Å². The summed E-state index contributed by atoms with van der Waals surface area (Å²) >= 11 is 6.12. The summed E-state index contributed by atoms with van der Waals surface area (Å²) in [4.78, 5) is 29.8. The Morgan fingerprint density at radius 2 is 2.19 bits per heavy atom. The molecular formula is C17H13N3O4S2. The second-order valence-corrected chi connectivity index (χ2v) is 6.97. The summed E-state index contributed by atoms with van der Waals surface area (Å²) in [6.45, 7) is 9.23. The Morgan fingerprint density at radius 1 is 1.42 bits per heavy atom. The molecule has 0 aliphatic carbocycles. The number of allylic oxidation sites excluding steroid dienone is 2. The van der Waals surface area contributed by atoms with Gasteiger partial charge in [0.15, 0.2) is 11.4 Å². The number of hydrogen-bond acceptors (Lipinski definition) is 6. The van der Waals surface area contributed by atoms with E-state index in [-0.39, 0.29) is 4.32 Å². The highest BCUT2D eigenvalue weighted by Gasteiger charge is 2.33. The predicted molar refractivity (Wildman–Crippen MR) is 102 cm³/mol. The number of carboxylic acid groups (broad SMARTS) is 1. The van der Waals surface area contributed by atoms with E-state index in [4.69, 9.17) is 28.6 Å². The standard InChI is InChI=1S/C17H13N3O4S2/c1-3-19-11-8-10(18-2)4-5-12(11)24-14(19)7-6-13-16(23)20(9-15(21)22)17(25)26-13/h4-8H,3,9H2,1H3,(H,21,22)/b13-6+,14-7-. The number of thioether (sulfide) groups is 1. The summed E-state index contributed by atoms with van der Waals surface area (Å²) < 4.78 is 6.02. The van der Waals surface area contributed by atoms with Crippen molar-refractivity contribution in [1.82, 2.24) is 4.90 Å². The minimum Gasteiger partial charge on any atom is -0.480 e. The molecule has 7 nitrogen and oxygen atoms in total. The molecule has 1 fully saturated rings. The Morgan fingerprint density at radius 3 is 2.85 bits per heavy atom. The van der Waals surface area contributed by atoms with Crippen LogP contribution in [0.2, 0.25) is 0 Å². The number of fused-ring (bicyclic) bond motifs is 1. The lowest BCUT2D eigenvalue weighted by molar-refractivity contribution is -0.140. The quantitative estimate of drug-likeness (QED) is 0.483. The summed E-state index contributed by atoms with van der Waals surface area (Å²) in [5.41, 5.74) is 1.31. The number of amides is 1. The van der Waals surface area contributed by atoms with Gasteiger partial charge in [0.25, 0.3) is 5.91 Å². The number of carboxylic acids is 1. The molecule has 0 radical (unpaired) electrons. The van der Waals surface area contributed by atoms with Gasteiger partial charge in [-0.05, 0) is 25.1 Å². The number of benzene rings is 1. The van der Waals surface area contributed by atoms with Crippen molar-refractivity contribution in [2.24, 2.45) is 0 Å². The van der Waals surface area contributed by atoms with Crippen LogP contribution in [-0.4, -0.2) is 39.3 Å². The highest BCUT2D eigenvalue weighted by Crippen LogP contribution is 2.41. The molecule has 1 aromatic rings. The van der Waals surface area contributed by atoms with Crippen molar-refractivity contribution in [3.05, 3.63) is 52.6 Å². The van der Waals surface area contributed by atoms with Gasteiger partial charge in [-0.3, -0.25) is 14.5 Å². The SMILES string of the molecule is [C-]#[N+]c1ccc2c(c1)N(CC)/C(=C/C=C1/SC(=S)N(CC(=O)O)C1=O)O2. The summed E-state index contributed by atoms with van der Waals surface area (Å²) in [5.74, 6) is -0.401. The number of anilines is 1. The van der Waals surface area contributed by atoms with Gasteiger partial charge in [0.2, 0.25) is 5.88 Å². The molecule has 132 valence electrons. The lowest BCUT2D eigenvalue weighted by Gasteiger charge is -2.15. The van der Waals surface area contributed by atoms with Crippen LogP contribution in [0.5, 0.6) is 5.75 Å². The molecule has 0 saturated carbocycles. The minimum absolute atomic E-state index is 0.215. The van der Waals surface area contributed by atoms with E-state index < -0.39 is 18.4 Å². The van der Waals surface area contributed by atoms with Gasteiger partial charge in [-0.25, -0.2) is 4.85 Å². The van der Waals surface area contributed by atoms with Crippen LogP contribution in [0.15, 0.2) is 41.1 Å². The Labute approximate surface area is 159 Å². The molecule has 0 unspecified atom stereocenters. The average Bonchev–Trinajstić information content (AvgIpc) is 3.10. The Kier molecular flexibility index (Phi) is 4.97. The fourth-order valence-corrected chi connectivity index (χ4v) is 3.74. The molecule has 1 amide bonds. The van der Waals surface area contributed by atoms with Gasteiger partial charge in [-0.2, -0.15) is 0 Å². The van der Waals surface area contributed by atoms with Crippen LogP contribution in [-0.2, 0) is 9.59 Å². The zero-order chi connectivity index (χ0) is 18.8. The molecule has 1 aromatic carbocycles. The molecule has 0 spiro atoms. The molecule has 26 heavy (non-hydrogen) atoms. The number of rotatable bonds is 4. The van der Waals surface area contributed by atoms with Crippen molar-refractivity contribution in [1.29, 1.82) is 0 Å². The first kappa shape index (κ1) is 18.0.